The minimum Gasteiger partial charge on any atom is -0.496 e. The molecule has 0 amide bonds. The van der Waals surface area contributed by atoms with Gasteiger partial charge in [0.25, 0.3) is 0 Å². The third-order valence-electron chi connectivity index (χ3n) is 10.2. The molecule has 6 rings (SSSR count). The number of hydrogen-bond acceptors (Lipinski definition) is 3. The molecule has 0 fully saturated rings. The fourth-order valence-corrected chi connectivity index (χ4v) is 10.5. The lowest BCUT2D eigenvalue weighted by Gasteiger charge is -2.39. The van der Waals surface area contributed by atoms with Crippen LogP contribution in [0.3, 0.4) is 0 Å². The summed E-state index contributed by atoms with van der Waals surface area (Å²) in [6.07, 6.45) is 0. The molecule has 53 heavy (non-hydrogen) atoms. The minimum atomic E-state index is -1.39. The van der Waals surface area contributed by atoms with Crippen LogP contribution < -0.4 is 30.1 Å². The number of fused-ring (bicyclic) bond motifs is 2. The van der Waals surface area contributed by atoms with Crippen molar-refractivity contribution in [1.29, 1.82) is 0 Å². The molecule has 0 bridgehead atoms. The van der Waals surface area contributed by atoms with Crippen LogP contribution in [0.2, 0.25) is 0 Å². The summed E-state index contributed by atoms with van der Waals surface area (Å²) in [5, 5.41) is 3.72. The summed E-state index contributed by atoms with van der Waals surface area (Å²) in [4.78, 5) is 0. The molecule has 1 unspecified atom stereocenters. The first-order chi connectivity index (χ1) is 24.8. The summed E-state index contributed by atoms with van der Waals surface area (Å²) in [6, 6.07) is 38.8. The Labute approximate surface area is 322 Å². The Morgan fingerprint density at radius 1 is 0.679 bits per heavy atom. The van der Waals surface area contributed by atoms with Gasteiger partial charge in [0.2, 0.25) is 0 Å². The molecule has 4 nitrogen and oxygen atoms in total. The van der Waals surface area contributed by atoms with Crippen molar-refractivity contribution in [3.8, 4) is 17.2 Å². The Morgan fingerprint density at radius 2 is 1.17 bits per heavy atom. The number of hydrogen-bond donors (Lipinski definition) is 1. The predicted octanol–water partition coefficient (Wildman–Crippen LogP) is 10.6. The van der Waals surface area contributed by atoms with Crippen molar-refractivity contribution in [1.82, 2.24) is 4.72 Å². The first-order valence-corrected chi connectivity index (χ1v) is 21.1. The number of ether oxygens (including phenoxy) is 2. The van der Waals surface area contributed by atoms with Crippen LogP contribution in [-0.4, -0.2) is 16.1 Å². The second-order valence-electron chi connectivity index (χ2n) is 17.7. The molecule has 1 aliphatic rings. The molecule has 0 saturated carbocycles. The highest BCUT2D eigenvalue weighted by molar-refractivity contribution is 7.84. The van der Waals surface area contributed by atoms with Crippen LogP contribution in [0.1, 0.15) is 116 Å². The van der Waals surface area contributed by atoms with Gasteiger partial charge in [0, 0.05) is 38.5 Å². The summed E-state index contributed by atoms with van der Waals surface area (Å²) in [6.45, 7) is 24.0. The van der Waals surface area contributed by atoms with Gasteiger partial charge < -0.3 is 9.47 Å². The Hall–Kier alpha value is -3.76. The normalized spacial score (nSPS) is 15.3. The lowest BCUT2D eigenvalue weighted by Crippen LogP contribution is -2.37. The van der Waals surface area contributed by atoms with Gasteiger partial charge in [0.1, 0.15) is 17.2 Å². The van der Waals surface area contributed by atoms with Gasteiger partial charge >= 0.3 is 0 Å². The van der Waals surface area contributed by atoms with E-state index < -0.39 is 29.7 Å². The fourth-order valence-electron chi connectivity index (χ4n) is 7.26. The Bertz CT molecular complexity index is 2050. The van der Waals surface area contributed by atoms with Crippen molar-refractivity contribution in [2.75, 3.05) is 7.11 Å². The molecular formula is C47H56NO3PS. The third kappa shape index (κ3) is 7.63. The number of nitrogens with one attached hydrogen (secondary N) is 1. The van der Waals surface area contributed by atoms with E-state index in [1.54, 1.807) is 7.11 Å². The van der Waals surface area contributed by atoms with Crippen molar-refractivity contribution in [3.63, 3.8) is 0 Å². The smallest absolute Gasteiger partial charge is 0.139 e. The molecule has 278 valence electrons. The standard InChI is InChI=1S/C47H56NO3PS/c1-44(2,3)37-29-31(30-38(42(37)50-12)45(4,5)6)40(48-53(49)46(7,8)9)34-25-19-26-35-41(34)51-43-36(47(35,10)11)27-20-28-39(43)52(32-21-15-13-16-22-32)33-23-17-14-18-24-33/h13-30,40,48H,1-12H3/t40-,53?/m1/s1. The van der Waals surface area contributed by atoms with Gasteiger partial charge in [0.15, 0.2) is 0 Å². The molecule has 0 saturated heterocycles. The number of methoxy groups -OCH3 is 1. The number of rotatable bonds is 8. The number of para-hydroxylation sites is 2. The van der Waals surface area contributed by atoms with Gasteiger partial charge in [-0.2, -0.15) is 0 Å². The second-order valence-corrected chi connectivity index (χ2v) is 21.9. The molecule has 1 N–H and O–H groups in total. The molecule has 0 radical (unpaired) electrons. The van der Waals surface area contributed by atoms with Crippen molar-refractivity contribution in [3.05, 3.63) is 143 Å². The van der Waals surface area contributed by atoms with E-state index in [1.807, 2.05) is 20.8 Å². The lowest BCUT2D eigenvalue weighted by molar-refractivity contribution is 0.381. The lowest BCUT2D eigenvalue weighted by atomic mass is 9.74. The average molecular weight is 746 g/mol. The number of benzene rings is 5. The first kappa shape index (κ1) is 38.9. The van der Waals surface area contributed by atoms with E-state index in [0.29, 0.717) is 0 Å². The van der Waals surface area contributed by atoms with Gasteiger partial charge in [0.05, 0.1) is 28.9 Å². The van der Waals surface area contributed by atoms with Gasteiger partial charge in [-0.25, -0.2) is 8.93 Å². The third-order valence-corrected chi connectivity index (χ3v) is 14.2. The highest BCUT2D eigenvalue weighted by Crippen LogP contribution is 2.53. The monoisotopic (exact) mass is 745 g/mol. The zero-order valence-electron chi connectivity index (χ0n) is 33.5. The zero-order chi connectivity index (χ0) is 38.5. The summed E-state index contributed by atoms with van der Waals surface area (Å²) in [5.74, 6) is 2.64. The molecular weight excluding hydrogens is 690 g/mol. The largest absolute Gasteiger partial charge is 0.496 e. The van der Waals surface area contributed by atoms with Gasteiger partial charge in [-0.15, -0.1) is 0 Å². The minimum absolute atomic E-state index is 0.205. The van der Waals surface area contributed by atoms with Crippen molar-refractivity contribution in [2.24, 2.45) is 0 Å². The SMILES string of the molecule is COc1c(C(C)(C)C)cc([C@@H](NS(=O)C(C)(C)C)c2cccc3c2Oc2c(P(c4ccccc4)c4ccccc4)cccc2C3(C)C)cc1C(C)(C)C. The van der Waals surface area contributed by atoms with Crippen molar-refractivity contribution in [2.45, 2.75) is 103 Å². The summed E-state index contributed by atoms with van der Waals surface area (Å²) < 4.78 is 30.9. The van der Waals surface area contributed by atoms with E-state index in [9.17, 15) is 4.21 Å². The van der Waals surface area contributed by atoms with Crippen molar-refractivity contribution >= 4 is 34.8 Å². The quantitative estimate of drug-likeness (QED) is 0.161. The second kappa shape index (κ2) is 14.5. The van der Waals surface area contributed by atoms with E-state index in [4.69, 9.17) is 9.47 Å². The summed E-state index contributed by atoms with van der Waals surface area (Å²) >= 11 is 0. The Morgan fingerprint density at radius 3 is 1.64 bits per heavy atom. The Balaban J connectivity index is 1.62. The van der Waals surface area contributed by atoms with Crippen LogP contribution in [0, 0.1) is 0 Å². The van der Waals surface area contributed by atoms with Crippen LogP contribution in [0.15, 0.2) is 109 Å². The van der Waals surface area contributed by atoms with Crippen LogP contribution >= 0.6 is 7.92 Å². The average Bonchev–Trinajstić information content (AvgIpc) is 3.10. The molecule has 2 atom stereocenters. The van der Waals surface area contributed by atoms with Crippen LogP contribution in [-0.2, 0) is 27.2 Å². The van der Waals surface area contributed by atoms with E-state index in [-0.39, 0.29) is 16.2 Å². The fraction of sp³-hybridized carbons (Fsp3) is 0.362. The van der Waals surface area contributed by atoms with E-state index >= 15 is 0 Å². The topological polar surface area (TPSA) is 47.6 Å². The van der Waals surface area contributed by atoms with E-state index in [1.165, 1.54) is 15.9 Å². The maximum Gasteiger partial charge on any atom is 0.139 e. The van der Waals surface area contributed by atoms with Crippen LogP contribution in [0.5, 0.6) is 17.2 Å². The predicted molar refractivity (Wildman–Crippen MR) is 227 cm³/mol. The van der Waals surface area contributed by atoms with E-state index in [0.717, 1.165) is 50.6 Å². The maximum absolute atomic E-state index is 14.2. The highest BCUT2D eigenvalue weighted by atomic mass is 32.2. The molecule has 1 heterocycles. The molecule has 0 spiro atoms. The maximum atomic E-state index is 14.2. The van der Waals surface area contributed by atoms with Crippen molar-refractivity contribution < 1.29 is 13.7 Å². The molecule has 6 heteroatoms. The van der Waals surface area contributed by atoms with Gasteiger partial charge in [-0.3, -0.25) is 0 Å². The first-order valence-electron chi connectivity index (χ1n) is 18.6. The van der Waals surface area contributed by atoms with Gasteiger partial charge in [-0.1, -0.05) is 152 Å². The summed E-state index contributed by atoms with van der Waals surface area (Å²) in [7, 11) is -0.559. The van der Waals surface area contributed by atoms with E-state index in [2.05, 4.69) is 169 Å². The molecule has 0 aliphatic carbocycles. The molecule has 5 aromatic rings. The molecule has 5 aromatic carbocycles. The van der Waals surface area contributed by atoms with Crippen LogP contribution in [0.4, 0.5) is 0 Å². The molecule has 0 aromatic heterocycles. The van der Waals surface area contributed by atoms with Gasteiger partial charge in [-0.05, 0) is 67.8 Å². The summed E-state index contributed by atoms with van der Waals surface area (Å²) in [5.41, 5.74) is 5.72. The zero-order valence-corrected chi connectivity index (χ0v) is 35.3. The Kier molecular flexibility index (Phi) is 10.6. The highest BCUT2D eigenvalue weighted by Gasteiger charge is 2.40. The van der Waals surface area contributed by atoms with Crippen LogP contribution in [0.25, 0.3) is 0 Å². The molecule has 1 aliphatic heterocycles.